The van der Waals surface area contributed by atoms with E-state index >= 15 is 0 Å². The van der Waals surface area contributed by atoms with Gasteiger partial charge in [0.1, 0.15) is 10.8 Å². The van der Waals surface area contributed by atoms with Crippen molar-refractivity contribution in [3.8, 4) is 0 Å². The summed E-state index contributed by atoms with van der Waals surface area (Å²) >= 11 is 6.93. The molecule has 3 aromatic carbocycles. The maximum absolute atomic E-state index is 14.0. The molecule has 0 bridgehead atoms. The van der Waals surface area contributed by atoms with Gasteiger partial charge in [-0.25, -0.2) is 9.18 Å². The van der Waals surface area contributed by atoms with Crippen molar-refractivity contribution < 1.29 is 24.0 Å². The first-order chi connectivity index (χ1) is 15.3. The van der Waals surface area contributed by atoms with Crippen LogP contribution in [0.25, 0.3) is 6.08 Å². The molecule has 162 valence electrons. The number of hydrogen-bond donors (Lipinski definition) is 1. The van der Waals surface area contributed by atoms with E-state index in [1.54, 1.807) is 18.2 Å². The molecule has 3 rings (SSSR count). The van der Waals surface area contributed by atoms with Crippen LogP contribution in [0.15, 0.2) is 71.6 Å². The fraction of sp³-hybridized carbons (Fsp3) is 0.0435. The first-order valence-electron chi connectivity index (χ1n) is 9.16. The molecule has 32 heavy (non-hydrogen) atoms. The van der Waals surface area contributed by atoms with Crippen LogP contribution in [0.3, 0.4) is 0 Å². The standard InChI is InChI=1S/C23H15ClFNO5S/c24-18-10-5-14(11-20(18)26(30)31)12-21(32-13-17-3-1-2-4-19(17)25)22(27)15-6-8-16(9-7-15)23(28)29/h1-12H,13H2,(H,28,29)/b21-12+. The average molecular weight is 472 g/mol. The molecular weight excluding hydrogens is 457 g/mol. The van der Waals surface area contributed by atoms with Crippen molar-refractivity contribution in [2.75, 3.05) is 0 Å². The van der Waals surface area contributed by atoms with Crippen molar-refractivity contribution in [3.05, 3.63) is 115 Å². The Morgan fingerprint density at radius 3 is 2.34 bits per heavy atom. The number of thioether (sulfide) groups is 1. The molecular formula is C23H15ClFNO5S. The van der Waals surface area contributed by atoms with E-state index in [1.807, 2.05) is 0 Å². The van der Waals surface area contributed by atoms with Crippen LogP contribution in [0, 0.1) is 15.9 Å². The number of nitro groups is 1. The van der Waals surface area contributed by atoms with Gasteiger partial charge >= 0.3 is 5.97 Å². The highest BCUT2D eigenvalue weighted by Crippen LogP contribution is 2.31. The molecule has 0 aliphatic rings. The van der Waals surface area contributed by atoms with Crippen LogP contribution < -0.4 is 0 Å². The zero-order valence-corrected chi connectivity index (χ0v) is 17.9. The second-order valence-corrected chi connectivity index (χ2v) is 7.99. The third kappa shape index (κ3) is 5.60. The third-order valence-electron chi connectivity index (χ3n) is 4.42. The summed E-state index contributed by atoms with van der Waals surface area (Å²) in [5.74, 6) is -1.82. The van der Waals surface area contributed by atoms with Crippen LogP contribution in [0.1, 0.15) is 31.8 Å². The van der Waals surface area contributed by atoms with Crippen molar-refractivity contribution in [2.24, 2.45) is 0 Å². The van der Waals surface area contributed by atoms with Crippen molar-refractivity contribution in [1.82, 2.24) is 0 Å². The number of benzene rings is 3. The molecule has 3 aromatic rings. The fourth-order valence-corrected chi connectivity index (χ4v) is 3.96. The molecule has 0 atom stereocenters. The lowest BCUT2D eigenvalue weighted by atomic mass is 10.1. The quantitative estimate of drug-likeness (QED) is 0.181. The van der Waals surface area contributed by atoms with Gasteiger partial charge in [-0.05, 0) is 41.5 Å². The van der Waals surface area contributed by atoms with Crippen LogP contribution in [0.2, 0.25) is 5.02 Å². The Labute approximate surface area is 191 Å². The van der Waals surface area contributed by atoms with E-state index in [4.69, 9.17) is 16.7 Å². The molecule has 0 radical (unpaired) electrons. The lowest BCUT2D eigenvalue weighted by Gasteiger charge is -2.09. The minimum atomic E-state index is -1.12. The van der Waals surface area contributed by atoms with Gasteiger partial charge in [0, 0.05) is 17.4 Å². The zero-order chi connectivity index (χ0) is 23.3. The van der Waals surface area contributed by atoms with Crippen LogP contribution in [-0.4, -0.2) is 21.8 Å². The lowest BCUT2D eigenvalue weighted by molar-refractivity contribution is -0.384. The Morgan fingerprint density at radius 2 is 1.72 bits per heavy atom. The lowest BCUT2D eigenvalue weighted by Crippen LogP contribution is -2.03. The topological polar surface area (TPSA) is 97.5 Å². The molecule has 1 N–H and O–H groups in total. The van der Waals surface area contributed by atoms with Crippen LogP contribution >= 0.6 is 23.4 Å². The number of carbonyl (C=O) groups excluding carboxylic acids is 1. The van der Waals surface area contributed by atoms with Crippen molar-refractivity contribution in [1.29, 1.82) is 0 Å². The van der Waals surface area contributed by atoms with Gasteiger partial charge in [-0.2, -0.15) is 0 Å². The molecule has 0 amide bonds. The van der Waals surface area contributed by atoms with Gasteiger partial charge in [0.15, 0.2) is 5.78 Å². The van der Waals surface area contributed by atoms with Crippen molar-refractivity contribution in [2.45, 2.75) is 5.75 Å². The van der Waals surface area contributed by atoms with Gasteiger partial charge in [0.25, 0.3) is 5.69 Å². The van der Waals surface area contributed by atoms with Gasteiger partial charge in [0.2, 0.25) is 0 Å². The molecule has 0 heterocycles. The molecule has 0 aliphatic carbocycles. The van der Waals surface area contributed by atoms with Gasteiger partial charge < -0.3 is 5.11 Å². The van der Waals surface area contributed by atoms with Gasteiger partial charge in [-0.1, -0.05) is 48.0 Å². The smallest absolute Gasteiger partial charge is 0.335 e. The molecule has 0 saturated carbocycles. The van der Waals surface area contributed by atoms with E-state index in [1.165, 1.54) is 54.6 Å². The predicted molar refractivity (Wildman–Crippen MR) is 122 cm³/mol. The summed E-state index contributed by atoms with van der Waals surface area (Å²) in [5, 5.41) is 20.2. The van der Waals surface area contributed by atoms with Crippen molar-refractivity contribution in [3.63, 3.8) is 0 Å². The Balaban J connectivity index is 1.98. The minimum Gasteiger partial charge on any atom is -0.478 e. The number of Topliss-reactive ketones (excluding diaryl/α,β-unsaturated/α-hetero) is 1. The Hall–Kier alpha value is -3.49. The van der Waals surface area contributed by atoms with E-state index in [0.717, 1.165) is 11.8 Å². The van der Waals surface area contributed by atoms with Gasteiger partial charge in [0.05, 0.1) is 15.4 Å². The average Bonchev–Trinajstić information content (AvgIpc) is 2.78. The number of hydrogen-bond acceptors (Lipinski definition) is 5. The number of carboxylic acids is 1. The number of carboxylic acid groups (broad SMARTS) is 1. The second kappa shape index (κ2) is 10.2. The van der Waals surface area contributed by atoms with E-state index in [-0.39, 0.29) is 32.5 Å². The summed E-state index contributed by atoms with van der Waals surface area (Å²) in [6.45, 7) is 0. The number of ketones is 1. The Bertz CT molecular complexity index is 1230. The maximum Gasteiger partial charge on any atom is 0.335 e. The zero-order valence-electron chi connectivity index (χ0n) is 16.3. The number of nitro benzene ring substituents is 1. The largest absolute Gasteiger partial charge is 0.478 e. The summed E-state index contributed by atoms with van der Waals surface area (Å²) in [5.41, 5.74) is 0.703. The Kier molecular flexibility index (Phi) is 7.40. The number of aromatic carboxylic acids is 1. The molecule has 0 fully saturated rings. The molecule has 0 spiro atoms. The van der Waals surface area contributed by atoms with Gasteiger partial charge in [-0.15, -0.1) is 11.8 Å². The normalized spacial score (nSPS) is 11.2. The summed E-state index contributed by atoms with van der Waals surface area (Å²) in [6.07, 6.45) is 1.46. The molecule has 0 aromatic heterocycles. The Morgan fingerprint density at radius 1 is 1.06 bits per heavy atom. The summed E-state index contributed by atoms with van der Waals surface area (Å²) in [4.78, 5) is 35.0. The molecule has 6 nitrogen and oxygen atoms in total. The first kappa shape index (κ1) is 23.2. The number of allylic oxidation sites excluding steroid dienone is 1. The van der Waals surface area contributed by atoms with Crippen LogP contribution in [0.4, 0.5) is 10.1 Å². The fourth-order valence-electron chi connectivity index (χ4n) is 2.76. The van der Waals surface area contributed by atoms with E-state index in [2.05, 4.69) is 0 Å². The summed E-state index contributed by atoms with van der Waals surface area (Å²) < 4.78 is 14.0. The highest BCUT2D eigenvalue weighted by molar-refractivity contribution is 8.03. The molecule has 0 unspecified atom stereocenters. The van der Waals surface area contributed by atoms with E-state index < -0.39 is 22.5 Å². The second-order valence-electron chi connectivity index (χ2n) is 6.57. The first-order valence-corrected chi connectivity index (χ1v) is 10.5. The van der Waals surface area contributed by atoms with E-state index in [9.17, 15) is 24.1 Å². The highest BCUT2D eigenvalue weighted by Gasteiger charge is 2.17. The van der Waals surface area contributed by atoms with E-state index in [0.29, 0.717) is 11.1 Å². The summed E-state index contributed by atoms with van der Waals surface area (Å²) in [7, 11) is 0. The molecule has 9 heteroatoms. The highest BCUT2D eigenvalue weighted by atomic mass is 35.5. The summed E-state index contributed by atoms with van der Waals surface area (Å²) in [6, 6.07) is 15.7. The van der Waals surface area contributed by atoms with Gasteiger partial charge in [-0.3, -0.25) is 14.9 Å². The van der Waals surface area contributed by atoms with Crippen molar-refractivity contribution >= 4 is 46.9 Å². The third-order valence-corrected chi connectivity index (χ3v) is 5.81. The predicted octanol–water partition coefficient (Wildman–Crippen LogP) is 6.24. The monoisotopic (exact) mass is 471 g/mol. The maximum atomic E-state index is 14.0. The van der Waals surface area contributed by atoms with Crippen LogP contribution in [-0.2, 0) is 5.75 Å². The number of halogens is 2. The van der Waals surface area contributed by atoms with Crippen LogP contribution in [0.5, 0.6) is 0 Å². The SMILES string of the molecule is O=C(O)c1ccc(C(=O)/C(=C\c2ccc(Cl)c([N+](=O)[O-])c2)SCc2ccccc2F)cc1. The number of nitrogens with zero attached hydrogens (tertiary/aromatic N) is 1. The molecule has 0 saturated heterocycles. The number of rotatable bonds is 8. The minimum absolute atomic E-state index is 0.0272. The number of carbonyl (C=O) groups is 2. The molecule has 0 aliphatic heterocycles.